The number of rotatable bonds is 1. The van der Waals surface area contributed by atoms with Crippen LogP contribution in [0.3, 0.4) is 0 Å². The summed E-state index contributed by atoms with van der Waals surface area (Å²) < 4.78 is 31.8. The van der Waals surface area contributed by atoms with E-state index in [1.807, 2.05) is 31.2 Å². The van der Waals surface area contributed by atoms with Gasteiger partial charge in [-0.25, -0.2) is 4.79 Å². The molecule has 7 nitrogen and oxygen atoms in total. The molecule has 0 bridgehead atoms. The maximum absolute atomic E-state index is 12.9. The van der Waals surface area contributed by atoms with Crippen LogP contribution in [0.15, 0.2) is 24.3 Å². The first-order valence-corrected chi connectivity index (χ1v) is 8.29. The number of benzene rings is 1. The van der Waals surface area contributed by atoms with Gasteiger partial charge in [0.25, 0.3) is 5.79 Å². The number of Topliss-reactive ketones (excluding diaryl/α,β-unsaturated/α-hetero) is 1. The Morgan fingerprint density at radius 2 is 1.77 bits per heavy atom. The third kappa shape index (κ3) is 3.08. The van der Waals surface area contributed by atoms with Crippen LogP contribution in [0.5, 0.6) is 0 Å². The average Bonchev–Trinajstić information content (AvgIpc) is 3.11. The predicted octanol–water partition coefficient (Wildman–Crippen LogP) is 2.35. The van der Waals surface area contributed by atoms with E-state index in [2.05, 4.69) is 0 Å². The van der Waals surface area contributed by atoms with Crippen molar-refractivity contribution in [2.75, 3.05) is 25.2 Å². The summed E-state index contributed by atoms with van der Waals surface area (Å²) in [5.74, 6) is -2.90. The van der Waals surface area contributed by atoms with Gasteiger partial charge in [-0.1, -0.05) is 17.7 Å². The number of aryl methyl sites for hydroxylation is 1. The lowest BCUT2D eigenvalue weighted by Gasteiger charge is -2.34. The molecule has 1 unspecified atom stereocenters. The zero-order valence-electron chi connectivity index (χ0n) is 15.2. The second-order valence-electron chi connectivity index (χ2n) is 6.81. The lowest BCUT2D eigenvalue weighted by Crippen LogP contribution is -2.59. The van der Waals surface area contributed by atoms with Gasteiger partial charge in [-0.05, 0) is 32.9 Å². The Morgan fingerprint density at radius 1 is 1.12 bits per heavy atom. The van der Waals surface area contributed by atoms with Crippen molar-refractivity contribution in [3.63, 3.8) is 0 Å². The zero-order valence-corrected chi connectivity index (χ0v) is 15.2. The molecule has 4 rings (SSSR count). The Morgan fingerprint density at radius 3 is 2.42 bits per heavy atom. The van der Waals surface area contributed by atoms with Gasteiger partial charge < -0.3 is 18.9 Å². The molecule has 1 amide bonds. The second kappa shape index (κ2) is 6.61. The zero-order chi connectivity index (χ0) is 19.1. The number of fused-ring (bicyclic) bond motifs is 1. The van der Waals surface area contributed by atoms with E-state index in [1.54, 1.807) is 13.8 Å². The molecule has 26 heavy (non-hydrogen) atoms. The molecule has 3 fully saturated rings. The molecular formula is C18H22FNO6. The monoisotopic (exact) mass is 367 g/mol. The lowest BCUT2D eigenvalue weighted by atomic mass is 9.98. The van der Waals surface area contributed by atoms with Crippen LogP contribution in [0.25, 0.3) is 0 Å². The molecule has 3 heterocycles. The third-order valence-corrected chi connectivity index (χ3v) is 4.48. The summed E-state index contributed by atoms with van der Waals surface area (Å²) in [7, 11) is 0.500. The summed E-state index contributed by atoms with van der Waals surface area (Å²) in [6.45, 7) is 5.57. The standard InChI is InChI=1S/C17H19NO6.CH3F/c1-10-4-6-11(7-5-10)18-9-17(24-15(18)20)14(19)13-12(8-21-17)22-16(2,3)23-13;1-2/h4-7,12-13H,8-9H2,1-3H3;1H3/t12-,13?,17+;/m1./s1. The van der Waals surface area contributed by atoms with Crippen LogP contribution in [0.2, 0.25) is 0 Å². The number of halogens is 1. The summed E-state index contributed by atoms with van der Waals surface area (Å²) in [6.07, 6.45) is -1.88. The fourth-order valence-corrected chi connectivity index (χ4v) is 3.31. The summed E-state index contributed by atoms with van der Waals surface area (Å²) in [6, 6.07) is 7.40. The molecule has 0 radical (unpaired) electrons. The van der Waals surface area contributed by atoms with Crippen molar-refractivity contribution >= 4 is 17.6 Å². The summed E-state index contributed by atoms with van der Waals surface area (Å²) in [4.78, 5) is 26.6. The van der Waals surface area contributed by atoms with E-state index in [1.165, 1.54) is 4.90 Å². The molecule has 142 valence electrons. The highest BCUT2D eigenvalue weighted by Gasteiger charge is 2.63. The molecule has 8 heteroatoms. The largest absolute Gasteiger partial charge is 0.417 e. The number of carbonyl (C=O) groups is 2. The van der Waals surface area contributed by atoms with Gasteiger partial charge in [0.1, 0.15) is 12.6 Å². The van der Waals surface area contributed by atoms with Crippen molar-refractivity contribution < 1.29 is 32.9 Å². The number of alkyl halides is 1. The van der Waals surface area contributed by atoms with Crippen LogP contribution in [0.4, 0.5) is 14.9 Å². The van der Waals surface area contributed by atoms with Crippen molar-refractivity contribution in [1.82, 2.24) is 0 Å². The minimum atomic E-state index is -1.63. The van der Waals surface area contributed by atoms with Crippen LogP contribution in [0.1, 0.15) is 19.4 Å². The van der Waals surface area contributed by atoms with E-state index in [0.717, 1.165) is 5.56 Å². The second-order valence-corrected chi connectivity index (χ2v) is 6.81. The Kier molecular flexibility index (Phi) is 4.76. The first-order chi connectivity index (χ1) is 12.3. The van der Waals surface area contributed by atoms with Crippen LogP contribution >= 0.6 is 0 Å². The van der Waals surface area contributed by atoms with Gasteiger partial charge in [0.15, 0.2) is 11.9 Å². The van der Waals surface area contributed by atoms with Gasteiger partial charge in [-0.2, -0.15) is 0 Å². The Hall–Kier alpha value is -2.03. The van der Waals surface area contributed by atoms with Crippen molar-refractivity contribution in [3.8, 4) is 0 Å². The Balaban J connectivity index is 0.000000948. The Bertz CT molecular complexity index is 706. The van der Waals surface area contributed by atoms with Crippen molar-refractivity contribution in [3.05, 3.63) is 29.8 Å². The van der Waals surface area contributed by atoms with Crippen LogP contribution in [0, 0.1) is 6.92 Å². The first kappa shape index (κ1) is 18.8. The summed E-state index contributed by atoms with van der Waals surface area (Å²) >= 11 is 0. The SMILES string of the molecule is CF.Cc1ccc(N2C[C@]3(OC[C@H]4OC(C)(C)OC4C3=O)OC2=O)cc1. The Labute approximate surface area is 151 Å². The summed E-state index contributed by atoms with van der Waals surface area (Å²) in [5.41, 5.74) is 1.73. The molecule has 1 aromatic rings. The molecule has 0 aliphatic carbocycles. The smallest absolute Gasteiger partial charge is 0.407 e. The predicted molar refractivity (Wildman–Crippen MR) is 89.6 cm³/mol. The van der Waals surface area contributed by atoms with Gasteiger partial charge in [-0.15, -0.1) is 0 Å². The fourth-order valence-electron chi connectivity index (χ4n) is 3.31. The number of ketones is 1. The van der Waals surface area contributed by atoms with Crippen molar-refractivity contribution in [2.24, 2.45) is 0 Å². The fraction of sp³-hybridized carbons (Fsp3) is 0.556. The van der Waals surface area contributed by atoms with E-state index < -0.39 is 35.7 Å². The molecule has 1 spiro atoms. The van der Waals surface area contributed by atoms with Gasteiger partial charge in [-0.3, -0.25) is 14.1 Å². The number of amides is 1. The number of ether oxygens (including phenoxy) is 4. The highest BCUT2D eigenvalue weighted by Crippen LogP contribution is 2.40. The number of hydrogen-bond donors (Lipinski definition) is 0. The maximum Gasteiger partial charge on any atom is 0.417 e. The molecular weight excluding hydrogens is 345 g/mol. The van der Waals surface area contributed by atoms with Crippen molar-refractivity contribution in [2.45, 2.75) is 44.6 Å². The van der Waals surface area contributed by atoms with Gasteiger partial charge >= 0.3 is 6.09 Å². The molecule has 3 aliphatic rings. The van der Waals surface area contributed by atoms with E-state index >= 15 is 0 Å². The first-order valence-electron chi connectivity index (χ1n) is 8.29. The highest BCUT2D eigenvalue weighted by atomic mass is 19.1. The minimum absolute atomic E-state index is 0.000730. The van der Waals surface area contributed by atoms with E-state index in [-0.39, 0.29) is 13.2 Å². The summed E-state index contributed by atoms with van der Waals surface area (Å²) in [5, 5.41) is 0. The topological polar surface area (TPSA) is 74.3 Å². The quantitative estimate of drug-likeness (QED) is 0.759. The molecule has 0 aromatic heterocycles. The molecule has 3 atom stereocenters. The van der Waals surface area contributed by atoms with Gasteiger partial charge in [0.2, 0.25) is 5.78 Å². The molecule has 0 saturated carbocycles. The number of carbonyl (C=O) groups excluding carboxylic acids is 2. The van der Waals surface area contributed by atoms with Crippen LogP contribution < -0.4 is 4.90 Å². The normalized spacial score (nSPS) is 32.1. The molecule has 1 aromatic carbocycles. The molecule has 0 N–H and O–H groups in total. The van der Waals surface area contributed by atoms with Gasteiger partial charge in [0.05, 0.1) is 13.8 Å². The number of nitrogens with zero attached hydrogens (tertiary/aromatic N) is 1. The molecule has 3 aliphatic heterocycles. The van der Waals surface area contributed by atoms with E-state index in [0.29, 0.717) is 12.9 Å². The van der Waals surface area contributed by atoms with Gasteiger partial charge in [0, 0.05) is 5.69 Å². The molecule has 3 saturated heterocycles. The average molecular weight is 367 g/mol. The maximum atomic E-state index is 12.9. The highest BCUT2D eigenvalue weighted by molar-refractivity contribution is 6.00. The third-order valence-electron chi connectivity index (χ3n) is 4.48. The number of anilines is 1. The van der Waals surface area contributed by atoms with E-state index in [4.69, 9.17) is 18.9 Å². The number of hydrogen-bond acceptors (Lipinski definition) is 6. The van der Waals surface area contributed by atoms with Crippen molar-refractivity contribution in [1.29, 1.82) is 0 Å². The minimum Gasteiger partial charge on any atom is -0.407 e. The van der Waals surface area contributed by atoms with E-state index in [9.17, 15) is 14.0 Å². The lowest BCUT2D eigenvalue weighted by molar-refractivity contribution is -0.218. The van der Waals surface area contributed by atoms with Crippen LogP contribution in [-0.4, -0.2) is 56.0 Å². The van der Waals surface area contributed by atoms with Crippen LogP contribution in [-0.2, 0) is 23.7 Å².